The van der Waals surface area contributed by atoms with Crippen molar-refractivity contribution in [1.29, 1.82) is 0 Å². The lowest BCUT2D eigenvalue weighted by atomic mass is 9.94. The van der Waals surface area contributed by atoms with Crippen LogP contribution < -0.4 is 5.32 Å². The molecule has 1 heterocycles. The largest absolute Gasteiger partial charge is 0.394 e. The quantitative estimate of drug-likeness (QED) is 0.819. The van der Waals surface area contributed by atoms with Gasteiger partial charge in [-0.05, 0) is 25.0 Å². The van der Waals surface area contributed by atoms with Crippen molar-refractivity contribution in [3.63, 3.8) is 0 Å². The van der Waals surface area contributed by atoms with Crippen molar-refractivity contribution in [3.8, 4) is 0 Å². The second-order valence-corrected chi connectivity index (χ2v) is 6.38. The van der Waals surface area contributed by atoms with E-state index in [0.29, 0.717) is 18.7 Å². The number of sulfone groups is 1. The Hall–Kier alpha value is -1.14. The molecule has 102 valence electrons. The third kappa shape index (κ3) is 3.20. The van der Waals surface area contributed by atoms with Gasteiger partial charge in [0.25, 0.3) is 0 Å². The average molecular weight is 272 g/mol. The van der Waals surface area contributed by atoms with Crippen molar-refractivity contribution in [2.45, 2.75) is 37.1 Å². The number of nitrogens with zero attached hydrogens (tertiary/aromatic N) is 1. The number of pyridine rings is 1. The van der Waals surface area contributed by atoms with Crippen LogP contribution in [0.2, 0.25) is 0 Å². The molecule has 2 N–H and O–H groups in total. The van der Waals surface area contributed by atoms with Gasteiger partial charge in [-0.1, -0.05) is 13.8 Å². The Kier molecular flexibility index (Phi) is 4.70. The molecule has 0 bridgehead atoms. The minimum atomic E-state index is -3.34. The zero-order valence-corrected chi connectivity index (χ0v) is 11.8. The van der Waals surface area contributed by atoms with E-state index in [1.165, 1.54) is 12.3 Å². The molecule has 0 aliphatic rings. The molecular weight excluding hydrogens is 252 g/mol. The standard InChI is InChI=1S/C12H20N2O3S/c1-4-12(5-2,9-15)14-11-10(18(3,16)17)7-6-8-13-11/h6-8,15H,4-5,9H2,1-3H3,(H,13,14). The van der Waals surface area contributed by atoms with Crippen LogP contribution in [0.25, 0.3) is 0 Å². The fourth-order valence-corrected chi connectivity index (χ4v) is 2.51. The van der Waals surface area contributed by atoms with Crippen molar-refractivity contribution in [3.05, 3.63) is 18.3 Å². The van der Waals surface area contributed by atoms with Gasteiger partial charge in [-0.2, -0.15) is 0 Å². The molecule has 6 heteroatoms. The number of rotatable bonds is 6. The molecule has 0 amide bonds. The Balaban J connectivity index is 3.19. The number of aromatic nitrogens is 1. The Morgan fingerprint density at radius 1 is 1.39 bits per heavy atom. The van der Waals surface area contributed by atoms with E-state index in [1.807, 2.05) is 13.8 Å². The van der Waals surface area contributed by atoms with Gasteiger partial charge < -0.3 is 10.4 Å². The summed E-state index contributed by atoms with van der Waals surface area (Å²) in [5, 5.41) is 12.6. The molecule has 0 aliphatic heterocycles. The van der Waals surface area contributed by atoms with Crippen molar-refractivity contribution in [2.24, 2.45) is 0 Å². The normalized spacial score (nSPS) is 12.4. The van der Waals surface area contributed by atoms with Gasteiger partial charge in [0, 0.05) is 12.5 Å². The van der Waals surface area contributed by atoms with Gasteiger partial charge in [-0.25, -0.2) is 13.4 Å². The van der Waals surface area contributed by atoms with Gasteiger partial charge in [0.05, 0.1) is 12.1 Å². The monoisotopic (exact) mass is 272 g/mol. The molecule has 0 fully saturated rings. The number of hydrogen-bond donors (Lipinski definition) is 2. The maximum absolute atomic E-state index is 11.7. The number of aliphatic hydroxyl groups excluding tert-OH is 1. The van der Waals surface area contributed by atoms with Gasteiger partial charge in [0.2, 0.25) is 0 Å². The van der Waals surface area contributed by atoms with Crippen LogP contribution in [-0.2, 0) is 9.84 Å². The minimum absolute atomic E-state index is 0.0697. The van der Waals surface area contributed by atoms with E-state index in [0.717, 1.165) is 6.26 Å². The Morgan fingerprint density at radius 3 is 2.44 bits per heavy atom. The first-order valence-electron chi connectivity index (χ1n) is 5.92. The second-order valence-electron chi connectivity index (χ2n) is 4.39. The Morgan fingerprint density at radius 2 is 2.00 bits per heavy atom. The summed E-state index contributed by atoms with van der Waals surface area (Å²) in [4.78, 5) is 4.23. The summed E-state index contributed by atoms with van der Waals surface area (Å²) in [7, 11) is -3.34. The highest BCUT2D eigenvalue weighted by molar-refractivity contribution is 7.90. The molecule has 1 rings (SSSR count). The summed E-state index contributed by atoms with van der Waals surface area (Å²) in [5.41, 5.74) is -0.534. The molecule has 0 aliphatic carbocycles. The lowest BCUT2D eigenvalue weighted by molar-refractivity contribution is 0.202. The lowest BCUT2D eigenvalue weighted by Crippen LogP contribution is -2.41. The highest BCUT2D eigenvalue weighted by atomic mass is 32.2. The van der Waals surface area contributed by atoms with Gasteiger partial charge in [0.15, 0.2) is 9.84 Å². The summed E-state index contributed by atoms with van der Waals surface area (Å²) in [6, 6.07) is 3.10. The maximum atomic E-state index is 11.7. The van der Waals surface area contributed by atoms with E-state index in [4.69, 9.17) is 0 Å². The summed E-state index contributed by atoms with van der Waals surface area (Å²) in [6.07, 6.45) is 4.04. The maximum Gasteiger partial charge on any atom is 0.179 e. The first kappa shape index (κ1) is 14.9. The van der Waals surface area contributed by atoms with Gasteiger partial charge in [0.1, 0.15) is 10.7 Å². The van der Waals surface area contributed by atoms with Crippen LogP contribution in [0.1, 0.15) is 26.7 Å². The molecule has 0 spiro atoms. The average Bonchev–Trinajstić information content (AvgIpc) is 2.35. The van der Waals surface area contributed by atoms with Crippen LogP contribution in [0.4, 0.5) is 5.82 Å². The number of hydrogen-bond acceptors (Lipinski definition) is 5. The van der Waals surface area contributed by atoms with Gasteiger partial charge >= 0.3 is 0 Å². The highest BCUT2D eigenvalue weighted by Crippen LogP contribution is 2.25. The van der Waals surface area contributed by atoms with E-state index < -0.39 is 15.4 Å². The van der Waals surface area contributed by atoms with Crippen LogP contribution in [0.5, 0.6) is 0 Å². The van der Waals surface area contributed by atoms with Gasteiger partial charge in [-0.15, -0.1) is 0 Å². The smallest absolute Gasteiger partial charge is 0.179 e. The fourth-order valence-electron chi connectivity index (χ4n) is 1.72. The lowest BCUT2D eigenvalue weighted by Gasteiger charge is -2.31. The van der Waals surface area contributed by atoms with E-state index in [1.54, 1.807) is 6.07 Å². The molecule has 18 heavy (non-hydrogen) atoms. The first-order chi connectivity index (χ1) is 8.38. The van der Waals surface area contributed by atoms with Crippen molar-refractivity contribution in [2.75, 3.05) is 18.2 Å². The SMILES string of the molecule is CCC(CC)(CO)Nc1ncccc1S(C)(=O)=O. The molecular formula is C12H20N2O3S. The fraction of sp³-hybridized carbons (Fsp3) is 0.583. The predicted molar refractivity (Wildman–Crippen MR) is 71.4 cm³/mol. The van der Waals surface area contributed by atoms with Crippen LogP contribution in [0.3, 0.4) is 0 Å². The third-order valence-electron chi connectivity index (χ3n) is 3.21. The number of aliphatic hydroxyl groups is 1. The van der Waals surface area contributed by atoms with Crippen LogP contribution in [0, 0.1) is 0 Å². The summed E-state index contributed by atoms with van der Waals surface area (Å²) >= 11 is 0. The van der Waals surface area contributed by atoms with Gasteiger partial charge in [-0.3, -0.25) is 0 Å². The van der Waals surface area contributed by atoms with E-state index >= 15 is 0 Å². The number of nitrogens with one attached hydrogen (secondary N) is 1. The van der Waals surface area contributed by atoms with Crippen LogP contribution >= 0.6 is 0 Å². The molecule has 1 aromatic rings. The van der Waals surface area contributed by atoms with Crippen molar-refractivity contribution >= 4 is 15.7 Å². The zero-order valence-electron chi connectivity index (χ0n) is 11.0. The van der Waals surface area contributed by atoms with Crippen LogP contribution in [0.15, 0.2) is 23.2 Å². The third-order valence-corrected chi connectivity index (χ3v) is 4.34. The number of anilines is 1. The van der Waals surface area contributed by atoms with Crippen molar-refractivity contribution < 1.29 is 13.5 Å². The predicted octanol–water partition coefficient (Wildman–Crippen LogP) is 1.45. The van der Waals surface area contributed by atoms with Crippen molar-refractivity contribution in [1.82, 2.24) is 4.98 Å². The summed E-state index contributed by atoms with van der Waals surface area (Å²) in [5.74, 6) is 0.303. The topological polar surface area (TPSA) is 79.3 Å². The first-order valence-corrected chi connectivity index (χ1v) is 7.82. The molecule has 5 nitrogen and oxygen atoms in total. The minimum Gasteiger partial charge on any atom is -0.394 e. The van der Waals surface area contributed by atoms with Crippen LogP contribution in [-0.4, -0.2) is 36.9 Å². The molecule has 0 aromatic carbocycles. The van der Waals surface area contributed by atoms with E-state index in [-0.39, 0.29) is 11.5 Å². The molecule has 0 atom stereocenters. The molecule has 0 radical (unpaired) electrons. The molecule has 0 saturated carbocycles. The highest BCUT2D eigenvalue weighted by Gasteiger charge is 2.27. The zero-order chi connectivity index (χ0) is 13.8. The Bertz CT molecular complexity index is 488. The van der Waals surface area contributed by atoms with E-state index in [2.05, 4.69) is 10.3 Å². The Labute approximate surface area is 108 Å². The molecule has 1 aromatic heterocycles. The van der Waals surface area contributed by atoms with E-state index in [9.17, 15) is 13.5 Å². The second kappa shape index (κ2) is 5.67. The molecule has 0 saturated heterocycles. The molecule has 0 unspecified atom stereocenters. The summed E-state index contributed by atoms with van der Waals surface area (Å²) < 4.78 is 23.3. The summed E-state index contributed by atoms with van der Waals surface area (Å²) in [6.45, 7) is 3.81.